The van der Waals surface area contributed by atoms with Gasteiger partial charge in [0, 0.05) is 44.2 Å². The van der Waals surface area contributed by atoms with E-state index >= 15 is 0 Å². The summed E-state index contributed by atoms with van der Waals surface area (Å²) in [5, 5.41) is 2.32. The van der Waals surface area contributed by atoms with Crippen LogP contribution in [0.15, 0.2) is 212 Å². The van der Waals surface area contributed by atoms with Crippen molar-refractivity contribution in [3.8, 4) is 85.1 Å². The van der Waals surface area contributed by atoms with E-state index in [2.05, 4.69) is 120 Å². The van der Waals surface area contributed by atoms with Crippen molar-refractivity contribution in [1.82, 2.24) is 34.5 Å². The minimum absolute atomic E-state index is 0.528. The maximum atomic E-state index is 5.24. The van der Waals surface area contributed by atoms with Crippen molar-refractivity contribution in [3.05, 3.63) is 212 Å². The minimum Gasteiger partial charge on any atom is -0.309 e. The monoisotopic (exact) mass is 781 g/mol. The average Bonchev–Trinajstić information content (AvgIpc) is 3.69. The maximum absolute atomic E-state index is 5.24. The number of rotatable bonds is 8. The van der Waals surface area contributed by atoms with Crippen molar-refractivity contribution < 1.29 is 0 Å². The highest BCUT2D eigenvalue weighted by Gasteiger charge is 2.22. The Balaban J connectivity index is 1.16. The van der Waals surface area contributed by atoms with Gasteiger partial charge in [0.15, 0.2) is 34.9 Å². The van der Waals surface area contributed by atoms with Crippen molar-refractivity contribution in [2.45, 2.75) is 0 Å². The smallest absolute Gasteiger partial charge is 0.166 e. The molecule has 0 saturated heterocycles. The fourth-order valence-electron chi connectivity index (χ4n) is 7.95. The minimum atomic E-state index is 0.528. The Morgan fingerprint density at radius 2 is 0.557 bits per heavy atom. The molecule has 0 N–H and O–H groups in total. The van der Waals surface area contributed by atoms with E-state index in [-0.39, 0.29) is 0 Å². The van der Waals surface area contributed by atoms with Crippen LogP contribution >= 0.6 is 0 Å². The SMILES string of the molecule is c1ccc(-c2ccc(-c3nc(-c4ccccc4)nc(-c4ccc(-n5c6ccccc6c6ccccc65)c(-c5nc(-c6ccccc6)nc(-c6ccccc6)n5)c4)n3)cc2)cc1. The second-order valence-electron chi connectivity index (χ2n) is 14.8. The summed E-state index contributed by atoms with van der Waals surface area (Å²) in [5.41, 5.74) is 10.5. The van der Waals surface area contributed by atoms with Crippen LogP contribution in [0.1, 0.15) is 0 Å². The molecule has 286 valence electrons. The average molecular weight is 782 g/mol. The summed E-state index contributed by atoms with van der Waals surface area (Å²) in [6.45, 7) is 0. The van der Waals surface area contributed by atoms with Crippen molar-refractivity contribution >= 4 is 21.8 Å². The van der Waals surface area contributed by atoms with Gasteiger partial charge in [-0.3, -0.25) is 0 Å². The third-order valence-electron chi connectivity index (χ3n) is 10.9. The van der Waals surface area contributed by atoms with Gasteiger partial charge in [0.05, 0.1) is 16.7 Å². The molecule has 0 spiro atoms. The van der Waals surface area contributed by atoms with Gasteiger partial charge in [-0.25, -0.2) is 29.9 Å². The summed E-state index contributed by atoms with van der Waals surface area (Å²) in [7, 11) is 0. The predicted octanol–water partition coefficient (Wildman–Crippen LogP) is 12.8. The quantitative estimate of drug-likeness (QED) is 0.153. The van der Waals surface area contributed by atoms with Crippen LogP contribution in [0.5, 0.6) is 0 Å². The Labute approximate surface area is 352 Å². The highest BCUT2D eigenvalue weighted by Crippen LogP contribution is 2.38. The molecule has 61 heavy (non-hydrogen) atoms. The third-order valence-corrected chi connectivity index (χ3v) is 10.9. The van der Waals surface area contributed by atoms with Crippen LogP contribution in [-0.2, 0) is 0 Å². The van der Waals surface area contributed by atoms with Gasteiger partial charge in [0.1, 0.15) is 0 Å². The summed E-state index contributed by atoms with van der Waals surface area (Å²) < 4.78 is 2.31. The van der Waals surface area contributed by atoms with Crippen LogP contribution in [0.4, 0.5) is 0 Å². The Morgan fingerprint density at radius 3 is 1.02 bits per heavy atom. The van der Waals surface area contributed by atoms with Crippen LogP contribution in [-0.4, -0.2) is 34.5 Å². The first-order valence-electron chi connectivity index (χ1n) is 20.2. The number of para-hydroxylation sites is 2. The molecule has 3 heterocycles. The maximum Gasteiger partial charge on any atom is 0.166 e. The molecule has 0 bridgehead atoms. The molecule has 7 nitrogen and oxygen atoms in total. The molecule has 11 rings (SSSR count). The molecule has 8 aromatic carbocycles. The summed E-state index contributed by atoms with van der Waals surface area (Å²) in [6.07, 6.45) is 0. The molecule has 11 aromatic rings. The number of hydrogen-bond acceptors (Lipinski definition) is 6. The fraction of sp³-hybridized carbons (Fsp3) is 0. The van der Waals surface area contributed by atoms with E-state index in [1.54, 1.807) is 0 Å². The topological polar surface area (TPSA) is 82.3 Å². The first kappa shape index (κ1) is 35.7. The molecule has 0 saturated carbocycles. The molecule has 0 unspecified atom stereocenters. The summed E-state index contributed by atoms with van der Waals surface area (Å²) >= 11 is 0. The number of aromatic nitrogens is 7. The first-order valence-corrected chi connectivity index (χ1v) is 20.2. The van der Waals surface area contributed by atoms with Gasteiger partial charge in [-0.2, -0.15) is 0 Å². The molecular weight excluding hydrogens is 747 g/mol. The van der Waals surface area contributed by atoms with Gasteiger partial charge in [-0.05, 0) is 41.5 Å². The number of nitrogens with zero attached hydrogens (tertiary/aromatic N) is 7. The van der Waals surface area contributed by atoms with Crippen LogP contribution < -0.4 is 0 Å². The molecule has 3 aromatic heterocycles. The number of fused-ring (bicyclic) bond motifs is 3. The standard InChI is InChI=1S/C54H35N7/c1-5-17-36(18-6-1)37-29-31-41(32-30-37)52-55-49(38-19-7-2-8-20-38)57-53(58-52)42-33-34-48(61-46-27-15-13-25-43(46)44-26-14-16-28-47(44)61)45(35-42)54-59-50(39-21-9-3-10-22-39)56-51(60-54)40-23-11-4-12-24-40/h1-35H. The first-order chi connectivity index (χ1) is 30.2. The predicted molar refractivity (Wildman–Crippen MR) is 246 cm³/mol. The van der Waals surface area contributed by atoms with Crippen molar-refractivity contribution in [2.24, 2.45) is 0 Å². The second-order valence-corrected chi connectivity index (χ2v) is 14.8. The van der Waals surface area contributed by atoms with E-state index in [1.165, 1.54) is 0 Å². The Kier molecular flexibility index (Phi) is 9.02. The highest BCUT2D eigenvalue weighted by molar-refractivity contribution is 6.09. The Hall–Kier alpha value is -8.42. The zero-order valence-corrected chi connectivity index (χ0v) is 32.8. The van der Waals surface area contributed by atoms with E-state index in [4.69, 9.17) is 29.9 Å². The third kappa shape index (κ3) is 6.80. The van der Waals surface area contributed by atoms with Crippen molar-refractivity contribution in [1.29, 1.82) is 0 Å². The zero-order valence-electron chi connectivity index (χ0n) is 32.8. The van der Waals surface area contributed by atoms with E-state index in [0.717, 1.165) is 72.0 Å². The zero-order chi connectivity index (χ0) is 40.5. The van der Waals surface area contributed by atoms with Crippen LogP contribution in [0, 0.1) is 0 Å². The molecule has 0 radical (unpaired) electrons. The van der Waals surface area contributed by atoms with Gasteiger partial charge in [0.2, 0.25) is 0 Å². The van der Waals surface area contributed by atoms with E-state index < -0.39 is 0 Å². The van der Waals surface area contributed by atoms with E-state index in [0.29, 0.717) is 34.9 Å². The number of benzene rings is 8. The largest absolute Gasteiger partial charge is 0.309 e. The second kappa shape index (κ2) is 15.4. The molecule has 0 amide bonds. The normalized spacial score (nSPS) is 11.3. The molecule has 0 fully saturated rings. The fourth-order valence-corrected chi connectivity index (χ4v) is 7.95. The van der Waals surface area contributed by atoms with Gasteiger partial charge >= 0.3 is 0 Å². The van der Waals surface area contributed by atoms with Crippen LogP contribution in [0.2, 0.25) is 0 Å². The lowest BCUT2D eigenvalue weighted by Gasteiger charge is -2.16. The molecular formula is C54H35N7. The highest BCUT2D eigenvalue weighted by atomic mass is 15.1. The summed E-state index contributed by atoms with van der Waals surface area (Å²) in [6, 6.07) is 72.3. The van der Waals surface area contributed by atoms with Gasteiger partial charge in [-0.1, -0.05) is 182 Å². The molecule has 0 aliphatic rings. The molecule has 0 aliphatic heterocycles. The van der Waals surface area contributed by atoms with E-state index in [9.17, 15) is 0 Å². The van der Waals surface area contributed by atoms with Crippen LogP contribution in [0.3, 0.4) is 0 Å². The molecule has 0 aliphatic carbocycles. The summed E-state index contributed by atoms with van der Waals surface area (Å²) in [5.74, 6) is 3.38. The number of hydrogen-bond donors (Lipinski definition) is 0. The lowest BCUT2D eigenvalue weighted by molar-refractivity contribution is 1.06. The Bertz CT molecular complexity index is 3220. The molecule has 0 atom stereocenters. The van der Waals surface area contributed by atoms with Gasteiger partial charge in [-0.15, -0.1) is 0 Å². The van der Waals surface area contributed by atoms with Gasteiger partial charge < -0.3 is 4.57 Å². The molecule has 7 heteroatoms. The van der Waals surface area contributed by atoms with Crippen molar-refractivity contribution in [3.63, 3.8) is 0 Å². The lowest BCUT2D eigenvalue weighted by atomic mass is 10.0. The Morgan fingerprint density at radius 1 is 0.246 bits per heavy atom. The van der Waals surface area contributed by atoms with Crippen molar-refractivity contribution in [2.75, 3.05) is 0 Å². The summed E-state index contributed by atoms with van der Waals surface area (Å²) in [4.78, 5) is 30.9. The van der Waals surface area contributed by atoms with E-state index in [1.807, 2.05) is 97.1 Å². The van der Waals surface area contributed by atoms with Crippen LogP contribution in [0.25, 0.3) is 107 Å². The van der Waals surface area contributed by atoms with Gasteiger partial charge in [0.25, 0.3) is 0 Å². The lowest BCUT2D eigenvalue weighted by Crippen LogP contribution is -2.05.